The molecule has 1 aliphatic heterocycles. The van der Waals surface area contributed by atoms with E-state index in [1.807, 2.05) is 12.3 Å². The molecule has 0 unspecified atom stereocenters. The van der Waals surface area contributed by atoms with Gasteiger partial charge in [0.05, 0.1) is 19.3 Å². The summed E-state index contributed by atoms with van der Waals surface area (Å²) in [6.45, 7) is 5.79. The molecule has 8 heteroatoms. The molecule has 0 radical (unpaired) electrons. The van der Waals surface area contributed by atoms with Crippen molar-refractivity contribution in [1.82, 2.24) is 15.0 Å². The summed E-state index contributed by atoms with van der Waals surface area (Å²) in [4.78, 5) is 12.2. The fraction of sp³-hybridized carbons (Fsp3) is 0.607. The molecule has 1 aliphatic rings. The van der Waals surface area contributed by atoms with E-state index in [-0.39, 0.29) is 11.2 Å². The molecule has 196 valence electrons. The molecule has 4 rings (SSSR count). The SMILES string of the molecule is CC1(C)CCc2cc3c(Cn4cc(COCCCCCCCCCCBr)nn4)cc(=O)oc3cc2O1. The van der Waals surface area contributed by atoms with E-state index in [4.69, 9.17) is 13.9 Å². The second kappa shape index (κ2) is 12.9. The lowest BCUT2D eigenvalue weighted by molar-refractivity contribution is 0.0848. The number of benzene rings is 1. The predicted octanol–water partition coefficient (Wildman–Crippen LogP) is 6.57. The summed E-state index contributed by atoms with van der Waals surface area (Å²) >= 11 is 3.48. The van der Waals surface area contributed by atoms with Gasteiger partial charge >= 0.3 is 5.63 Å². The Bertz CT molecular complexity index is 1190. The number of nitrogens with zero attached hydrogens (tertiary/aromatic N) is 3. The summed E-state index contributed by atoms with van der Waals surface area (Å²) in [5.41, 5.74) is 2.73. The maximum Gasteiger partial charge on any atom is 0.336 e. The molecule has 0 aliphatic carbocycles. The van der Waals surface area contributed by atoms with Crippen LogP contribution in [0.3, 0.4) is 0 Å². The lowest BCUT2D eigenvalue weighted by Crippen LogP contribution is -2.32. The number of rotatable bonds is 14. The van der Waals surface area contributed by atoms with E-state index >= 15 is 0 Å². The largest absolute Gasteiger partial charge is 0.487 e. The summed E-state index contributed by atoms with van der Waals surface area (Å²) < 4.78 is 19.2. The van der Waals surface area contributed by atoms with Gasteiger partial charge in [-0.1, -0.05) is 59.7 Å². The van der Waals surface area contributed by atoms with Crippen molar-refractivity contribution in [2.75, 3.05) is 11.9 Å². The third-order valence-electron chi connectivity index (χ3n) is 6.73. The molecule has 36 heavy (non-hydrogen) atoms. The summed E-state index contributed by atoms with van der Waals surface area (Å²) in [5, 5.41) is 10.5. The fourth-order valence-corrected chi connectivity index (χ4v) is 5.09. The minimum absolute atomic E-state index is 0.218. The van der Waals surface area contributed by atoms with Gasteiger partial charge in [0.1, 0.15) is 22.6 Å². The van der Waals surface area contributed by atoms with E-state index in [1.165, 1.54) is 44.9 Å². The lowest BCUT2D eigenvalue weighted by atomic mass is 9.93. The highest BCUT2D eigenvalue weighted by atomic mass is 79.9. The topological polar surface area (TPSA) is 79.4 Å². The van der Waals surface area contributed by atoms with Crippen LogP contribution in [0.2, 0.25) is 0 Å². The van der Waals surface area contributed by atoms with Crippen LogP contribution < -0.4 is 10.4 Å². The van der Waals surface area contributed by atoms with Gasteiger partial charge in [0.25, 0.3) is 0 Å². The van der Waals surface area contributed by atoms with Gasteiger partial charge in [-0.2, -0.15) is 0 Å². The Labute approximate surface area is 221 Å². The fourth-order valence-electron chi connectivity index (χ4n) is 4.70. The Hall–Kier alpha value is -2.19. The molecular formula is C28H38BrN3O4. The first kappa shape index (κ1) is 26.9. The molecule has 2 aromatic heterocycles. The Kier molecular flexibility index (Phi) is 9.60. The van der Waals surface area contributed by atoms with Gasteiger partial charge in [0, 0.05) is 29.5 Å². The second-order valence-electron chi connectivity index (χ2n) is 10.4. The highest BCUT2D eigenvalue weighted by Crippen LogP contribution is 2.36. The van der Waals surface area contributed by atoms with Gasteiger partial charge in [-0.15, -0.1) is 5.10 Å². The minimum atomic E-state index is -0.380. The van der Waals surface area contributed by atoms with Gasteiger partial charge in [-0.3, -0.25) is 0 Å². The maximum atomic E-state index is 12.2. The number of aryl methyl sites for hydroxylation is 1. The number of fused-ring (bicyclic) bond motifs is 2. The average molecular weight is 561 g/mol. The van der Waals surface area contributed by atoms with Crippen molar-refractivity contribution < 1.29 is 13.9 Å². The Morgan fingerprint density at radius 1 is 1.06 bits per heavy atom. The highest BCUT2D eigenvalue weighted by Gasteiger charge is 2.27. The second-order valence-corrected chi connectivity index (χ2v) is 11.2. The van der Waals surface area contributed by atoms with E-state index in [2.05, 4.69) is 46.2 Å². The van der Waals surface area contributed by atoms with Crippen LogP contribution in [0.4, 0.5) is 0 Å². The maximum absolute atomic E-state index is 12.2. The Morgan fingerprint density at radius 2 is 1.81 bits per heavy atom. The molecule has 0 bridgehead atoms. The molecule has 0 saturated carbocycles. The van der Waals surface area contributed by atoms with Crippen LogP contribution >= 0.6 is 15.9 Å². The first-order valence-corrected chi connectivity index (χ1v) is 14.4. The molecule has 0 N–H and O–H groups in total. The van der Waals surface area contributed by atoms with Crippen LogP contribution in [-0.4, -0.2) is 32.5 Å². The summed E-state index contributed by atoms with van der Waals surface area (Å²) in [6.07, 6.45) is 13.9. The quantitative estimate of drug-likeness (QED) is 0.126. The van der Waals surface area contributed by atoms with E-state index in [0.717, 1.165) is 59.2 Å². The summed E-state index contributed by atoms with van der Waals surface area (Å²) in [6, 6.07) is 5.48. The van der Waals surface area contributed by atoms with Crippen molar-refractivity contribution in [3.05, 3.63) is 51.6 Å². The normalized spacial score (nSPS) is 14.6. The van der Waals surface area contributed by atoms with Crippen molar-refractivity contribution in [3.8, 4) is 5.75 Å². The molecule has 3 aromatic rings. The van der Waals surface area contributed by atoms with Crippen LogP contribution in [0, 0.1) is 0 Å². The molecule has 0 spiro atoms. The molecule has 7 nitrogen and oxygen atoms in total. The predicted molar refractivity (Wildman–Crippen MR) is 145 cm³/mol. The zero-order chi connectivity index (χ0) is 25.4. The first-order valence-electron chi connectivity index (χ1n) is 13.2. The number of unbranched alkanes of at least 4 members (excludes halogenated alkanes) is 7. The molecular weight excluding hydrogens is 522 g/mol. The number of ether oxygens (including phenoxy) is 2. The average Bonchev–Trinajstić information content (AvgIpc) is 3.28. The van der Waals surface area contributed by atoms with E-state index < -0.39 is 0 Å². The van der Waals surface area contributed by atoms with Crippen molar-refractivity contribution >= 4 is 26.9 Å². The minimum Gasteiger partial charge on any atom is -0.487 e. The standard InChI is InChI=1S/C28H38BrN3O4/c1-28(2)12-11-21-15-24-22(16-27(33)35-26(24)17-25(21)36-28)18-32-19-23(30-31-32)20-34-14-10-8-6-4-3-5-7-9-13-29/h15-17,19H,3-14,18,20H2,1-2H3. The lowest BCUT2D eigenvalue weighted by Gasteiger charge is -2.32. The number of halogens is 1. The van der Waals surface area contributed by atoms with E-state index in [9.17, 15) is 4.79 Å². The van der Waals surface area contributed by atoms with Crippen molar-refractivity contribution in [2.45, 2.75) is 96.8 Å². The smallest absolute Gasteiger partial charge is 0.336 e. The van der Waals surface area contributed by atoms with Crippen molar-refractivity contribution in [2.24, 2.45) is 0 Å². The van der Waals surface area contributed by atoms with Gasteiger partial charge < -0.3 is 13.9 Å². The van der Waals surface area contributed by atoms with Crippen LogP contribution in [0.25, 0.3) is 11.0 Å². The van der Waals surface area contributed by atoms with Gasteiger partial charge in [0.15, 0.2) is 0 Å². The molecule has 0 fully saturated rings. The number of hydrogen-bond donors (Lipinski definition) is 0. The first-order chi connectivity index (χ1) is 17.4. The van der Waals surface area contributed by atoms with Crippen LogP contribution in [0.15, 0.2) is 33.6 Å². The van der Waals surface area contributed by atoms with Crippen LogP contribution in [0.1, 0.15) is 88.5 Å². The van der Waals surface area contributed by atoms with E-state index in [0.29, 0.717) is 18.7 Å². The zero-order valence-corrected chi connectivity index (χ0v) is 23.1. The summed E-state index contributed by atoms with van der Waals surface area (Å²) in [7, 11) is 0. The third-order valence-corrected chi connectivity index (χ3v) is 7.30. The molecule has 1 aromatic carbocycles. The van der Waals surface area contributed by atoms with Gasteiger partial charge in [0.2, 0.25) is 0 Å². The summed E-state index contributed by atoms with van der Waals surface area (Å²) in [5.74, 6) is 0.796. The number of aromatic nitrogens is 3. The van der Waals surface area contributed by atoms with Gasteiger partial charge in [-0.05, 0) is 56.7 Å². The Balaban J connectivity index is 1.27. The van der Waals surface area contributed by atoms with Crippen LogP contribution in [-0.2, 0) is 24.3 Å². The zero-order valence-electron chi connectivity index (χ0n) is 21.6. The van der Waals surface area contributed by atoms with E-state index in [1.54, 1.807) is 10.7 Å². The van der Waals surface area contributed by atoms with Crippen LogP contribution in [0.5, 0.6) is 5.75 Å². The van der Waals surface area contributed by atoms with Gasteiger partial charge in [-0.25, -0.2) is 9.48 Å². The molecule has 0 atom stereocenters. The Morgan fingerprint density at radius 3 is 2.58 bits per heavy atom. The highest BCUT2D eigenvalue weighted by molar-refractivity contribution is 9.09. The third kappa shape index (κ3) is 7.65. The van der Waals surface area contributed by atoms with Crippen molar-refractivity contribution in [1.29, 1.82) is 0 Å². The van der Waals surface area contributed by atoms with Crippen molar-refractivity contribution in [3.63, 3.8) is 0 Å². The number of hydrogen-bond acceptors (Lipinski definition) is 6. The number of alkyl halides is 1. The monoisotopic (exact) mass is 559 g/mol. The molecule has 0 saturated heterocycles. The molecule has 0 amide bonds. The molecule has 3 heterocycles.